The average Bonchev–Trinajstić information content (AvgIpc) is 3.10. The molecule has 1 unspecified atom stereocenters. The maximum Gasteiger partial charge on any atom is 0.0712 e. The van der Waals surface area contributed by atoms with Crippen molar-refractivity contribution in [2.24, 2.45) is 0 Å². The summed E-state index contributed by atoms with van der Waals surface area (Å²) in [7, 11) is 0. The van der Waals surface area contributed by atoms with Crippen LogP contribution >= 0.6 is 12.4 Å². The molecule has 1 aromatic carbocycles. The Morgan fingerprint density at radius 1 is 1.10 bits per heavy atom. The molecule has 3 aliphatic rings. The van der Waals surface area contributed by atoms with Crippen molar-refractivity contribution in [1.29, 1.82) is 0 Å². The Bertz CT molecular complexity index is 854. The van der Waals surface area contributed by atoms with Gasteiger partial charge in [0.25, 0.3) is 0 Å². The van der Waals surface area contributed by atoms with Crippen LogP contribution in [-0.2, 0) is 11.2 Å². The first-order valence-electron chi connectivity index (χ1n) is 12.2. The second kappa shape index (κ2) is 9.22. The second-order valence-electron chi connectivity index (χ2n) is 10.0. The number of piperidine rings is 1. The van der Waals surface area contributed by atoms with Crippen molar-refractivity contribution in [2.75, 3.05) is 13.1 Å². The molecule has 0 bridgehead atoms. The van der Waals surface area contributed by atoms with E-state index >= 15 is 0 Å². The second-order valence-corrected chi connectivity index (χ2v) is 10.0. The average molecular weight is 431 g/mol. The predicted molar refractivity (Wildman–Crippen MR) is 128 cm³/mol. The highest BCUT2D eigenvalue weighted by atomic mass is 35.5. The molecule has 0 spiro atoms. The molecule has 0 N–H and O–H groups in total. The number of nitrogens with zero attached hydrogens (tertiary/aromatic N) is 2. The molecular weight excluding hydrogens is 392 g/mol. The lowest BCUT2D eigenvalue weighted by Crippen LogP contribution is -2.53. The summed E-state index contributed by atoms with van der Waals surface area (Å²) in [5.74, 6) is 0.614. The van der Waals surface area contributed by atoms with Crippen LogP contribution in [0.15, 0.2) is 24.4 Å². The predicted octanol–water partition coefficient (Wildman–Crippen LogP) is 6.49. The van der Waals surface area contributed by atoms with E-state index in [4.69, 9.17) is 4.74 Å². The molecular formula is C26H39ClN2O. The minimum atomic E-state index is 0. The zero-order chi connectivity index (χ0) is 20.0. The molecule has 1 saturated carbocycles. The topological polar surface area (TPSA) is 17.4 Å². The third kappa shape index (κ3) is 3.94. The molecule has 0 radical (unpaired) electrons. The molecule has 2 aromatic rings. The van der Waals surface area contributed by atoms with Gasteiger partial charge in [0, 0.05) is 41.6 Å². The van der Waals surface area contributed by atoms with E-state index in [2.05, 4.69) is 54.6 Å². The molecule has 2 aliphatic carbocycles. The molecule has 2 fully saturated rings. The minimum Gasteiger partial charge on any atom is -0.374 e. The lowest BCUT2D eigenvalue weighted by Gasteiger charge is -2.47. The summed E-state index contributed by atoms with van der Waals surface area (Å²) in [5, 5.41) is 1.55. The van der Waals surface area contributed by atoms with Crippen LogP contribution in [0.25, 0.3) is 10.9 Å². The molecule has 166 valence electrons. The number of hydrogen-bond acceptors (Lipinski definition) is 2. The molecule has 2 heterocycles. The number of fused-ring (bicyclic) bond motifs is 2. The first-order valence-corrected chi connectivity index (χ1v) is 12.2. The van der Waals surface area contributed by atoms with Gasteiger partial charge in [0.2, 0.25) is 0 Å². The molecule has 4 heteroatoms. The van der Waals surface area contributed by atoms with Crippen molar-refractivity contribution < 1.29 is 4.74 Å². The summed E-state index contributed by atoms with van der Waals surface area (Å²) in [6, 6.07) is 8.18. The van der Waals surface area contributed by atoms with Gasteiger partial charge in [-0.3, -0.25) is 4.90 Å². The summed E-state index contributed by atoms with van der Waals surface area (Å²) in [6.07, 6.45) is 13.6. The molecule has 30 heavy (non-hydrogen) atoms. The summed E-state index contributed by atoms with van der Waals surface area (Å²) < 4.78 is 9.23. The third-order valence-electron chi connectivity index (χ3n) is 7.69. The Morgan fingerprint density at radius 3 is 2.63 bits per heavy atom. The number of halogens is 1. The van der Waals surface area contributed by atoms with E-state index in [1.54, 1.807) is 16.5 Å². The van der Waals surface area contributed by atoms with Crippen LogP contribution in [0.3, 0.4) is 0 Å². The van der Waals surface area contributed by atoms with Crippen molar-refractivity contribution in [3.8, 4) is 0 Å². The van der Waals surface area contributed by atoms with Crippen molar-refractivity contribution in [3.05, 3.63) is 35.5 Å². The summed E-state index contributed by atoms with van der Waals surface area (Å²) in [6.45, 7) is 9.25. The third-order valence-corrected chi connectivity index (χ3v) is 7.69. The standard InChI is InChI=1S/C26H38N2O.ClH/c1-4-13-27-17-21(29-20-9-6-5-7-10-20)15-23-22-11-8-12-24-26(22)19(14-25(23)27)16-28(24)18(2)3;/h8,11-12,16,18,20-21,23,25H,4-7,9-10,13-15,17H2,1-3H3;1H/t21?,23-,25-;/m1./s1. The first kappa shape index (κ1) is 22.2. The van der Waals surface area contributed by atoms with Crippen LogP contribution in [0.4, 0.5) is 0 Å². The highest BCUT2D eigenvalue weighted by Crippen LogP contribution is 2.45. The Hall–Kier alpha value is -1.03. The minimum absolute atomic E-state index is 0. The van der Waals surface area contributed by atoms with Crippen LogP contribution in [0.2, 0.25) is 0 Å². The van der Waals surface area contributed by atoms with Gasteiger partial charge in [-0.25, -0.2) is 0 Å². The smallest absolute Gasteiger partial charge is 0.0712 e. The fourth-order valence-electron chi connectivity index (χ4n) is 6.43. The van der Waals surface area contributed by atoms with E-state index in [0.717, 1.165) is 6.54 Å². The summed E-state index contributed by atoms with van der Waals surface area (Å²) in [5.41, 5.74) is 4.59. The van der Waals surface area contributed by atoms with Gasteiger partial charge in [0.1, 0.15) is 0 Å². The van der Waals surface area contributed by atoms with Gasteiger partial charge >= 0.3 is 0 Å². The molecule has 1 saturated heterocycles. The number of hydrogen-bond donors (Lipinski definition) is 0. The van der Waals surface area contributed by atoms with Crippen molar-refractivity contribution in [2.45, 2.75) is 102 Å². The number of aromatic nitrogens is 1. The Balaban J connectivity index is 0.00000218. The Labute approximate surface area is 188 Å². The van der Waals surface area contributed by atoms with Crippen molar-refractivity contribution in [3.63, 3.8) is 0 Å². The number of rotatable bonds is 5. The van der Waals surface area contributed by atoms with Gasteiger partial charge in [-0.15, -0.1) is 12.4 Å². The van der Waals surface area contributed by atoms with Crippen molar-refractivity contribution >= 4 is 23.3 Å². The van der Waals surface area contributed by atoms with E-state index in [1.807, 2.05) is 0 Å². The van der Waals surface area contributed by atoms with Crippen LogP contribution in [-0.4, -0.2) is 40.8 Å². The number of ether oxygens (including phenoxy) is 1. The normalized spacial score (nSPS) is 27.3. The summed E-state index contributed by atoms with van der Waals surface area (Å²) >= 11 is 0. The summed E-state index contributed by atoms with van der Waals surface area (Å²) in [4.78, 5) is 2.77. The largest absolute Gasteiger partial charge is 0.374 e. The van der Waals surface area contributed by atoms with Crippen LogP contribution in [0, 0.1) is 0 Å². The first-order chi connectivity index (χ1) is 14.2. The highest BCUT2D eigenvalue weighted by molar-refractivity contribution is 5.89. The van der Waals surface area contributed by atoms with E-state index in [0.29, 0.717) is 30.2 Å². The van der Waals surface area contributed by atoms with E-state index in [9.17, 15) is 0 Å². The van der Waals surface area contributed by atoms with E-state index < -0.39 is 0 Å². The van der Waals surface area contributed by atoms with Gasteiger partial charge in [-0.1, -0.05) is 38.3 Å². The number of likely N-dealkylation sites (tertiary alicyclic amines) is 1. The fraction of sp³-hybridized carbons (Fsp3) is 0.692. The Kier molecular flexibility index (Phi) is 6.82. The van der Waals surface area contributed by atoms with Crippen LogP contribution < -0.4 is 0 Å². The van der Waals surface area contributed by atoms with Gasteiger partial charge in [0.05, 0.1) is 12.2 Å². The maximum atomic E-state index is 6.74. The lowest BCUT2D eigenvalue weighted by molar-refractivity contribution is -0.0783. The monoisotopic (exact) mass is 430 g/mol. The van der Waals surface area contributed by atoms with Gasteiger partial charge in [0.15, 0.2) is 0 Å². The highest BCUT2D eigenvalue weighted by Gasteiger charge is 2.41. The lowest BCUT2D eigenvalue weighted by atomic mass is 9.74. The fourth-order valence-corrected chi connectivity index (χ4v) is 6.43. The van der Waals surface area contributed by atoms with Crippen molar-refractivity contribution in [1.82, 2.24) is 9.47 Å². The molecule has 3 nitrogen and oxygen atoms in total. The Morgan fingerprint density at radius 2 is 1.90 bits per heavy atom. The molecule has 0 amide bonds. The van der Waals surface area contributed by atoms with Crippen LogP contribution in [0.1, 0.15) is 88.8 Å². The van der Waals surface area contributed by atoms with Gasteiger partial charge in [-0.05, 0) is 69.7 Å². The molecule has 5 rings (SSSR count). The van der Waals surface area contributed by atoms with Crippen LogP contribution in [0.5, 0.6) is 0 Å². The molecule has 1 aromatic heterocycles. The molecule has 3 atom stereocenters. The van der Waals surface area contributed by atoms with Gasteiger partial charge < -0.3 is 9.30 Å². The molecule has 1 aliphatic heterocycles. The SMILES string of the molecule is CCCN1CC(OC2CCCCC2)C[C@@H]2c3cccc4c3c(cn4C(C)C)C[C@H]21.Cl. The maximum absolute atomic E-state index is 6.74. The quantitative estimate of drug-likeness (QED) is 0.539. The zero-order valence-corrected chi connectivity index (χ0v) is 19.8. The van der Waals surface area contributed by atoms with E-state index in [1.165, 1.54) is 63.4 Å². The van der Waals surface area contributed by atoms with E-state index in [-0.39, 0.29) is 12.4 Å². The number of benzene rings is 1. The zero-order valence-electron chi connectivity index (χ0n) is 19.0. The van der Waals surface area contributed by atoms with Gasteiger partial charge in [-0.2, -0.15) is 0 Å².